The van der Waals surface area contributed by atoms with Crippen LogP contribution in [0.4, 0.5) is 0 Å². The van der Waals surface area contributed by atoms with Gasteiger partial charge < -0.3 is 5.11 Å². The lowest BCUT2D eigenvalue weighted by Crippen LogP contribution is -2.48. The molecule has 1 aliphatic heterocycles. The lowest BCUT2D eigenvalue weighted by molar-refractivity contribution is -0.137. The Balaban J connectivity index is 2.39. The van der Waals surface area contributed by atoms with E-state index < -0.39 is 15.8 Å². The van der Waals surface area contributed by atoms with Gasteiger partial charge in [-0.2, -0.15) is 11.8 Å². The number of carbonyl (C=O) groups is 1. The van der Waals surface area contributed by atoms with Crippen molar-refractivity contribution in [1.82, 2.24) is 4.90 Å². The van der Waals surface area contributed by atoms with Gasteiger partial charge in [-0.1, -0.05) is 13.3 Å². The van der Waals surface area contributed by atoms with Crippen LogP contribution >= 0.6 is 11.8 Å². The molecule has 1 unspecified atom stereocenters. The Morgan fingerprint density at radius 2 is 2.11 bits per heavy atom. The molecule has 0 aliphatic carbocycles. The highest BCUT2D eigenvalue weighted by Crippen LogP contribution is 2.22. The van der Waals surface area contributed by atoms with Crippen LogP contribution in [0.3, 0.4) is 0 Å². The zero-order valence-electron chi connectivity index (χ0n) is 11.4. The molecular weight excluding hydrogens is 286 g/mol. The summed E-state index contributed by atoms with van der Waals surface area (Å²) in [5.74, 6) is 1.06. The van der Waals surface area contributed by atoms with Crippen LogP contribution in [0.15, 0.2) is 0 Å². The van der Waals surface area contributed by atoms with Crippen LogP contribution in [0.25, 0.3) is 0 Å². The van der Waals surface area contributed by atoms with Gasteiger partial charge in [0.15, 0.2) is 9.84 Å². The monoisotopic (exact) mass is 309 g/mol. The molecule has 1 aliphatic rings. The SMILES string of the molecule is CCS(=O)(=O)C1CSCCN1CCCCCC(=O)O. The van der Waals surface area contributed by atoms with E-state index in [2.05, 4.69) is 4.90 Å². The van der Waals surface area contributed by atoms with Crippen molar-refractivity contribution in [2.45, 2.75) is 38.0 Å². The third kappa shape index (κ3) is 5.71. The minimum atomic E-state index is -3.02. The molecule has 1 rings (SSSR count). The first-order valence-electron chi connectivity index (χ1n) is 6.72. The Morgan fingerprint density at radius 1 is 1.37 bits per heavy atom. The molecule has 0 amide bonds. The average Bonchev–Trinajstić information content (AvgIpc) is 2.38. The van der Waals surface area contributed by atoms with E-state index in [4.69, 9.17) is 5.11 Å². The van der Waals surface area contributed by atoms with E-state index in [-0.39, 0.29) is 17.5 Å². The number of aliphatic carboxylic acids is 1. The Morgan fingerprint density at radius 3 is 2.74 bits per heavy atom. The van der Waals surface area contributed by atoms with Gasteiger partial charge in [0.1, 0.15) is 5.37 Å². The molecule has 5 nitrogen and oxygen atoms in total. The Hall–Kier alpha value is -0.270. The average molecular weight is 309 g/mol. The van der Waals surface area contributed by atoms with Crippen LogP contribution < -0.4 is 0 Å². The van der Waals surface area contributed by atoms with Gasteiger partial charge in [0.2, 0.25) is 0 Å². The number of hydrogen-bond donors (Lipinski definition) is 1. The molecule has 0 spiro atoms. The number of nitrogens with zero attached hydrogens (tertiary/aromatic N) is 1. The zero-order valence-corrected chi connectivity index (χ0v) is 13.0. The predicted molar refractivity (Wildman–Crippen MR) is 78.3 cm³/mol. The van der Waals surface area contributed by atoms with Crippen molar-refractivity contribution in [2.75, 3.05) is 30.3 Å². The molecule has 0 saturated carbocycles. The highest BCUT2D eigenvalue weighted by atomic mass is 32.2. The summed E-state index contributed by atoms with van der Waals surface area (Å²) in [6.45, 7) is 3.26. The van der Waals surface area contributed by atoms with E-state index in [0.29, 0.717) is 12.2 Å². The molecule has 0 aromatic heterocycles. The van der Waals surface area contributed by atoms with Crippen LogP contribution in [0.2, 0.25) is 0 Å². The van der Waals surface area contributed by atoms with E-state index in [1.807, 2.05) is 0 Å². The van der Waals surface area contributed by atoms with Gasteiger partial charge in [-0.3, -0.25) is 9.69 Å². The van der Waals surface area contributed by atoms with Crippen molar-refractivity contribution >= 4 is 27.6 Å². The molecule has 19 heavy (non-hydrogen) atoms. The summed E-state index contributed by atoms with van der Waals surface area (Å²) in [6.07, 6.45) is 2.58. The topological polar surface area (TPSA) is 74.7 Å². The van der Waals surface area contributed by atoms with E-state index in [1.54, 1.807) is 18.7 Å². The minimum Gasteiger partial charge on any atom is -0.481 e. The van der Waals surface area contributed by atoms with Crippen LogP contribution in [-0.2, 0) is 14.6 Å². The summed E-state index contributed by atoms with van der Waals surface area (Å²) < 4.78 is 24.0. The summed E-state index contributed by atoms with van der Waals surface area (Å²) in [7, 11) is -3.02. The number of thioether (sulfide) groups is 1. The number of hydrogen-bond acceptors (Lipinski definition) is 5. The molecule has 0 bridgehead atoms. The molecule has 7 heteroatoms. The Bertz CT molecular complexity index is 383. The summed E-state index contributed by atoms with van der Waals surface area (Å²) >= 11 is 1.70. The Kier molecular flexibility index (Phi) is 7.17. The minimum absolute atomic E-state index is 0.188. The van der Waals surface area contributed by atoms with Crippen molar-refractivity contribution in [3.63, 3.8) is 0 Å². The van der Waals surface area contributed by atoms with Gasteiger partial charge in [0.25, 0.3) is 0 Å². The Labute approximate surface area is 119 Å². The summed E-state index contributed by atoms with van der Waals surface area (Å²) in [5.41, 5.74) is 0. The van der Waals surface area contributed by atoms with Crippen LogP contribution in [-0.4, -0.2) is 60.1 Å². The second-order valence-corrected chi connectivity index (χ2v) is 8.32. The summed E-state index contributed by atoms with van der Waals surface area (Å²) in [6, 6.07) is 0. The summed E-state index contributed by atoms with van der Waals surface area (Å²) in [4.78, 5) is 12.4. The lowest BCUT2D eigenvalue weighted by atomic mass is 10.2. The molecule has 0 aromatic rings. The van der Waals surface area contributed by atoms with Crippen molar-refractivity contribution in [3.05, 3.63) is 0 Å². The molecule has 1 saturated heterocycles. The third-order valence-corrected chi connectivity index (χ3v) is 6.68. The molecule has 1 N–H and O–H groups in total. The number of rotatable bonds is 8. The normalized spacial score (nSPS) is 21.4. The largest absolute Gasteiger partial charge is 0.481 e. The van der Waals surface area contributed by atoms with Gasteiger partial charge in [0.05, 0.1) is 0 Å². The van der Waals surface area contributed by atoms with Crippen molar-refractivity contribution in [2.24, 2.45) is 0 Å². The van der Waals surface area contributed by atoms with Crippen LogP contribution in [0, 0.1) is 0 Å². The van der Waals surface area contributed by atoms with Gasteiger partial charge in [-0.15, -0.1) is 0 Å². The fourth-order valence-electron chi connectivity index (χ4n) is 2.16. The van der Waals surface area contributed by atoms with E-state index in [9.17, 15) is 13.2 Å². The van der Waals surface area contributed by atoms with Gasteiger partial charge >= 0.3 is 5.97 Å². The highest BCUT2D eigenvalue weighted by Gasteiger charge is 2.32. The van der Waals surface area contributed by atoms with Crippen molar-refractivity contribution < 1.29 is 18.3 Å². The first-order chi connectivity index (χ1) is 8.97. The van der Waals surface area contributed by atoms with E-state index in [0.717, 1.165) is 31.7 Å². The van der Waals surface area contributed by atoms with E-state index >= 15 is 0 Å². The van der Waals surface area contributed by atoms with Gasteiger partial charge in [0, 0.05) is 30.2 Å². The molecule has 0 radical (unpaired) electrons. The number of unbranched alkanes of at least 4 members (excludes halogenated alkanes) is 2. The summed E-state index contributed by atoms with van der Waals surface area (Å²) in [5, 5.41) is 8.20. The first-order valence-corrected chi connectivity index (χ1v) is 9.59. The fraction of sp³-hybridized carbons (Fsp3) is 0.917. The maximum atomic E-state index is 12.0. The maximum absolute atomic E-state index is 12.0. The molecule has 1 heterocycles. The standard InChI is InChI=1S/C12H23NO4S2/c1-2-19(16,17)11-10-18-9-8-13(11)7-5-3-4-6-12(14)15/h11H,2-10H2,1H3,(H,14,15). The first kappa shape index (κ1) is 16.8. The third-order valence-electron chi connectivity index (χ3n) is 3.34. The van der Waals surface area contributed by atoms with Crippen LogP contribution in [0.1, 0.15) is 32.6 Å². The van der Waals surface area contributed by atoms with Gasteiger partial charge in [-0.05, 0) is 19.4 Å². The van der Waals surface area contributed by atoms with Crippen LogP contribution in [0.5, 0.6) is 0 Å². The smallest absolute Gasteiger partial charge is 0.303 e. The number of carboxylic acid groups (broad SMARTS) is 1. The second kappa shape index (κ2) is 8.11. The zero-order chi connectivity index (χ0) is 14.3. The quantitative estimate of drug-likeness (QED) is 0.684. The number of sulfone groups is 1. The molecule has 1 fully saturated rings. The fourth-order valence-corrected chi connectivity index (χ4v) is 5.27. The lowest BCUT2D eigenvalue weighted by Gasteiger charge is -2.34. The maximum Gasteiger partial charge on any atom is 0.303 e. The predicted octanol–water partition coefficient (Wildman–Crippen LogP) is 1.44. The van der Waals surface area contributed by atoms with E-state index in [1.165, 1.54) is 0 Å². The number of carboxylic acids is 1. The second-order valence-electron chi connectivity index (χ2n) is 4.72. The molecule has 1 atom stereocenters. The molecular formula is C12H23NO4S2. The molecule has 112 valence electrons. The van der Waals surface area contributed by atoms with Crippen molar-refractivity contribution in [1.29, 1.82) is 0 Å². The molecule has 0 aromatic carbocycles. The van der Waals surface area contributed by atoms with Crippen molar-refractivity contribution in [3.8, 4) is 0 Å². The van der Waals surface area contributed by atoms with Gasteiger partial charge in [-0.25, -0.2) is 8.42 Å². The highest BCUT2D eigenvalue weighted by molar-refractivity contribution is 8.01.